The maximum Gasteiger partial charge on any atom is 0.223 e. The van der Waals surface area contributed by atoms with Crippen LogP contribution in [0.25, 0.3) is 0 Å². The van der Waals surface area contributed by atoms with E-state index in [1.165, 1.54) is 10.6 Å². The van der Waals surface area contributed by atoms with Crippen LogP contribution in [0.3, 0.4) is 0 Å². The molecule has 1 amide bonds. The average molecular weight is 321 g/mol. The van der Waals surface area contributed by atoms with Crippen LogP contribution in [0.1, 0.15) is 27.6 Å². The summed E-state index contributed by atoms with van der Waals surface area (Å²) in [5.74, 6) is 0.173. The van der Waals surface area contributed by atoms with Crippen LogP contribution in [-0.2, 0) is 24.2 Å². The predicted molar refractivity (Wildman–Crippen MR) is 85.7 cm³/mol. The van der Waals surface area contributed by atoms with E-state index in [9.17, 15) is 4.79 Å². The lowest BCUT2D eigenvalue weighted by molar-refractivity contribution is -0.125. The number of carbonyl (C=O) groups is 1. The number of benzene rings is 1. The van der Waals surface area contributed by atoms with E-state index in [2.05, 4.69) is 10.3 Å². The minimum absolute atomic E-state index is 0.0554. The molecule has 0 spiro atoms. The SMILES string of the molecule is Cc1nc2c(s1)CC(C(=O)NCc1ccccc1Cl)CC2. The van der Waals surface area contributed by atoms with Crippen LogP contribution in [0.15, 0.2) is 24.3 Å². The lowest BCUT2D eigenvalue weighted by Gasteiger charge is -2.20. The van der Waals surface area contributed by atoms with Crippen molar-refractivity contribution >= 4 is 28.8 Å². The van der Waals surface area contributed by atoms with Gasteiger partial charge in [0.2, 0.25) is 5.91 Å². The van der Waals surface area contributed by atoms with Crippen LogP contribution in [0, 0.1) is 12.8 Å². The Morgan fingerprint density at radius 2 is 2.29 bits per heavy atom. The molecule has 3 nitrogen and oxygen atoms in total. The molecule has 1 heterocycles. The Morgan fingerprint density at radius 3 is 3.10 bits per heavy atom. The molecule has 0 saturated carbocycles. The Balaban J connectivity index is 1.61. The number of halogens is 1. The number of hydrogen-bond acceptors (Lipinski definition) is 3. The molecule has 1 atom stereocenters. The summed E-state index contributed by atoms with van der Waals surface area (Å²) in [6, 6.07) is 7.60. The van der Waals surface area contributed by atoms with Crippen molar-refractivity contribution in [2.24, 2.45) is 5.92 Å². The molecule has 3 rings (SSSR count). The van der Waals surface area contributed by atoms with Gasteiger partial charge in [0, 0.05) is 22.4 Å². The molecule has 21 heavy (non-hydrogen) atoms. The van der Waals surface area contributed by atoms with Crippen molar-refractivity contribution in [3.8, 4) is 0 Å². The summed E-state index contributed by atoms with van der Waals surface area (Å²) < 4.78 is 0. The molecule has 1 aliphatic carbocycles. The van der Waals surface area contributed by atoms with Gasteiger partial charge >= 0.3 is 0 Å². The van der Waals surface area contributed by atoms with Crippen molar-refractivity contribution in [1.82, 2.24) is 10.3 Å². The third-order valence-corrected chi connectivity index (χ3v) is 5.23. The monoisotopic (exact) mass is 320 g/mol. The maximum absolute atomic E-state index is 12.3. The molecule has 2 aromatic rings. The zero-order chi connectivity index (χ0) is 14.8. The number of nitrogens with zero attached hydrogens (tertiary/aromatic N) is 1. The van der Waals surface area contributed by atoms with Crippen LogP contribution in [0.4, 0.5) is 0 Å². The van der Waals surface area contributed by atoms with Gasteiger partial charge in [0.15, 0.2) is 0 Å². The molecular formula is C16H17ClN2OS. The summed E-state index contributed by atoms with van der Waals surface area (Å²) in [6.45, 7) is 2.51. The van der Waals surface area contributed by atoms with Gasteiger partial charge in [0.25, 0.3) is 0 Å². The Hall–Kier alpha value is -1.39. The zero-order valence-electron chi connectivity index (χ0n) is 11.9. The van der Waals surface area contributed by atoms with E-state index in [-0.39, 0.29) is 11.8 Å². The molecule has 5 heteroatoms. The summed E-state index contributed by atoms with van der Waals surface area (Å²) in [4.78, 5) is 18.1. The van der Waals surface area contributed by atoms with E-state index in [0.29, 0.717) is 11.6 Å². The Kier molecular flexibility index (Phi) is 4.27. The van der Waals surface area contributed by atoms with Gasteiger partial charge in [-0.05, 0) is 37.8 Å². The zero-order valence-corrected chi connectivity index (χ0v) is 13.4. The van der Waals surface area contributed by atoms with Gasteiger partial charge in [-0.1, -0.05) is 29.8 Å². The first-order valence-corrected chi connectivity index (χ1v) is 8.29. The van der Waals surface area contributed by atoms with Gasteiger partial charge < -0.3 is 5.32 Å². The molecule has 0 radical (unpaired) electrons. The van der Waals surface area contributed by atoms with Gasteiger partial charge in [0.05, 0.1) is 10.7 Å². The number of nitrogens with one attached hydrogen (secondary N) is 1. The molecule has 0 fully saturated rings. The van der Waals surface area contributed by atoms with Crippen LogP contribution in [0.5, 0.6) is 0 Å². The summed E-state index contributed by atoms with van der Waals surface area (Å²) in [5, 5.41) is 4.80. The molecule has 1 aromatic carbocycles. The number of rotatable bonds is 3. The highest BCUT2D eigenvalue weighted by atomic mass is 35.5. The van der Waals surface area contributed by atoms with E-state index >= 15 is 0 Å². The fourth-order valence-corrected chi connectivity index (χ4v) is 3.96. The molecule has 110 valence electrons. The normalized spacial score (nSPS) is 17.3. The van der Waals surface area contributed by atoms with Crippen molar-refractivity contribution in [1.29, 1.82) is 0 Å². The molecule has 0 saturated heterocycles. The van der Waals surface area contributed by atoms with Gasteiger partial charge in [-0.3, -0.25) is 4.79 Å². The standard InChI is InChI=1S/C16H17ClN2OS/c1-10-19-14-7-6-11(8-15(14)21-10)16(20)18-9-12-4-2-3-5-13(12)17/h2-5,11H,6-9H2,1H3,(H,18,20). The van der Waals surface area contributed by atoms with Crippen LogP contribution < -0.4 is 5.32 Å². The molecule has 0 bridgehead atoms. The van der Waals surface area contributed by atoms with Crippen molar-refractivity contribution in [3.05, 3.63) is 50.4 Å². The number of carbonyl (C=O) groups excluding carboxylic acids is 1. The van der Waals surface area contributed by atoms with Gasteiger partial charge in [-0.2, -0.15) is 0 Å². The Labute approximate surface area is 133 Å². The van der Waals surface area contributed by atoms with Gasteiger partial charge in [-0.15, -0.1) is 11.3 Å². The van der Waals surface area contributed by atoms with E-state index in [0.717, 1.165) is 29.8 Å². The lowest BCUT2D eigenvalue weighted by atomic mass is 9.90. The average Bonchev–Trinajstić information content (AvgIpc) is 2.85. The second kappa shape index (κ2) is 6.16. The summed E-state index contributed by atoms with van der Waals surface area (Å²) in [6.07, 6.45) is 2.60. The molecular weight excluding hydrogens is 304 g/mol. The number of hydrogen-bond donors (Lipinski definition) is 1. The van der Waals surface area contributed by atoms with Crippen LogP contribution in [-0.4, -0.2) is 10.9 Å². The quantitative estimate of drug-likeness (QED) is 0.940. The minimum Gasteiger partial charge on any atom is -0.352 e. The summed E-state index contributed by atoms with van der Waals surface area (Å²) in [5.41, 5.74) is 2.14. The van der Waals surface area contributed by atoms with Gasteiger partial charge in [0.1, 0.15) is 0 Å². The fraction of sp³-hybridized carbons (Fsp3) is 0.375. The highest BCUT2D eigenvalue weighted by Gasteiger charge is 2.26. The number of amides is 1. The first kappa shape index (κ1) is 14.5. The third-order valence-electron chi connectivity index (χ3n) is 3.83. The molecule has 1 aromatic heterocycles. The highest BCUT2D eigenvalue weighted by Crippen LogP contribution is 2.29. The fourth-order valence-electron chi connectivity index (χ4n) is 2.70. The number of aromatic nitrogens is 1. The van der Waals surface area contributed by atoms with Gasteiger partial charge in [-0.25, -0.2) is 4.98 Å². The number of thiazole rings is 1. The Morgan fingerprint density at radius 1 is 1.48 bits per heavy atom. The van der Waals surface area contributed by atoms with Crippen LogP contribution >= 0.6 is 22.9 Å². The predicted octanol–water partition coefficient (Wildman–Crippen LogP) is 3.53. The number of aryl methyl sites for hydroxylation is 2. The first-order valence-electron chi connectivity index (χ1n) is 7.10. The first-order chi connectivity index (χ1) is 10.1. The largest absolute Gasteiger partial charge is 0.352 e. The van der Waals surface area contributed by atoms with E-state index in [1.807, 2.05) is 31.2 Å². The highest BCUT2D eigenvalue weighted by molar-refractivity contribution is 7.11. The third kappa shape index (κ3) is 3.27. The summed E-state index contributed by atoms with van der Waals surface area (Å²) >= 11 is 7.82. The smallest absolute Gasteiger partial charge is 0.223 e. The maximum atomic E-state index is 12.3. The Bertz CT molecular complexity index is 668. The second-order valence-electron chi connectivity index (χ2n) is 5.35. The van der Waals surface area contributed by atoms with E-state index in [1.54, 1.807) is 11.3 Å². The van der Waals surface area contributed by atoms with Crippen molar-refractivity contribution in [2.45, 2.75) is 32.7 Å². The summed E-state index contributed by atoms with van der Waals surface area (Å²) in [7, 11) is 0. The molecule has 1 N–H and O–H groups in total. The second-order valence-corrected chi connectivity index (χ2v) is 7.05. The lowest BCUT2D eigenvalue weighted by Crippen LogP contribution is -2.33. The van der Waals surface area contributed by atoms with E-state index < -0.39 is 0 Å². The van der Waals surface area contributed by atoms with Crippen molar-refractivity contribution < 1.29 is 4.79 Å². The van der Waals surface area contributed by atoms with Crippen LogP contribution in [0.2, 0.25) is 5.02 Å². The topological polar surface area (TPSA) is 42.0 Å². The van der Waals surface area contributed by atoms with Crippen molar-refractivity contribution in [3.63, 3.8) is 0 Å². The molecule has 1 unspecified atom stereocenters. The van der Waals surface area contributed by atoms with Crippen molar-refractivity contribution in [2.75, 3.05) is 0 Å². The molecule has 1 aliphatic rings. The minimum atomic E-state index is 0.0554. The molecule has 0 aliphatic heterocycles. The van der Waals surface area contributed by atoms with E-state index in [4.69, 9.17) is 11.6 Å². The number of fused-ring (bicyclic) bond motifs is 1.